The van der Waals surface area contributed by atoms with Crippen molar-refractivity contribution in [3.8, 4) is 11.4 Å². The Bertz CT molecular complexity index is 3380. The van der Waals surface area contributed by atoms with Gasteiger partial charge in [-0.1, -0.05) is 148 Å². The molecule has 1 amide bonds. The molecule has 3 aromatic heterocycles. The summed E-state index contributed by atoms with van der Waals surface area (Å²) in [5.41, 5.74) is 28.8. The molecular formula is C63H61F3N6OS3. The maximum atomic E-state index is 13.9. The Kier molecular flexibility index (Phi) is 17.7. The number of aromatic amines is 1. The molecule has 7 nitrogen and oxygen atoms in total. The van der Waals surface area contributed by atoms with Gasteiger partial charge < -0.3 is 22.2 Å². The first-order chi connectivity index (χ1) is 37.0. The number of rotatable bonds is 16. The van der Waals surface area contributed by atoms with E-state index in [0.29, 0.717) is 28.4 Å². The molecule has 9 aromatic rings. The van der Waals surface area contributed by atoms with Gasteiger partial charge in [-0.15, -0.1) is 22.7 Å². The maximum Gasteiger partial charge on any atom is 0.416 e. The van der Waals surface area contributed by atoms with Crippen molar-refractivity contribution in [2.24, 2.45) is 11.7 Å². The van der Waals surface area contributed by atoms with Crippen molar-refractivity contribution >= 4 is 86.2 Å². The van der Waals surface area contributed by atoms with Gasteiger partial charge in [0.15, 0.2) is 0 Å². The lowest BCUT2D eigenvalue weighted by Crippen LogP contribution is -2.15. The number of carbonyl (C=O) groups excluding carboxylic acids is 1. The molecule has 2 aliphatic carbocycles. The number of carbonyl (C=O) groups is 1. The van der Waals surface area contributed by atoms with Gasteiger partial charge in [0.25, 0.3) is 5.91 Å². The van der Waals surface area contributed by atoms with Crippen molar-refractivity contribution < 1.29 is 18.0 Å². The van der Waals surface area contributed by atoms with Crippen LogP contribution >= 0.6 is 34.6 Å². The van der Waals surface area contributed by atoms with E-state index in [4.69, 9.17) is 17.2 Å². The summed E-state index contributed by atoms with van der Waals surface area (Å²) in [7, 11) is 0. The third-order valence-electron chi connectivity index (χ3n) is 13.9. The van der Waals surface area contributed by atoms with Gasteiger partial charge in [0.05, 0.1) is 32.2 Å². The van der Waals surface area contributed by atoms with Gasteiger partial charge in [-0.05, 0) is 160 Å². The van der Waals surface area contributed by atoms with Crippen LogP contribution in [-0.2, 0) is 6.18 Å². The van der Waals surface area contributed by atoms with E-state index in [1.807, 2.05) is 108 Å². The van der Waals surface area contributed by atoms with Crippen LogP contribution in [0.5, 0.6) is 0 Å². The summed E-state index contributed by atoms with van der Waals surface area (Å²) in [6.07, 6.45) is 8.93. The van der Waals surface area contributed by atoms with E-state index in [2.05, 4.69) is 69.5 Å². The number of halogens is 3. The van der Waals surface area contributed by atoms with Crippen molar-refractivity contribution in [2.45, 2.75) is 74.1 Å². The van der Waals surface area contributed by atoms with Crippen LogP contribution in [0.25, 0.3) is 45.7 Å². The van der Waals surface area contributed by atoms with Crippen LogP contribution < -0.4 is 21.9 Å². The molecule has 13 heteroatoms. The van der Waals surface area contributed by atoms with Crippen molar-refractivity contribution in [1.82, 2.24) is 14.7 Å². The lowest BCUT2D eigenvalue weighted by atomic mass is 9.77. The fraction of sp³-hybridized carbons (Fsp3) is 0.206. The molecular weight excluding hydrogens is 1010 g/mol. The summed E-state index contributed by atoms with van der Waals surface area (Å²) < 4.78 is 45.3. The zero-order valence-corrected chi connectivity index (χ0v) is 44.7. The average molecular weight is 1070 g/mol. The first kappa shape index (κ1) is 53.7. The van der Waals surface area contributed by atoms with Gasteiger partial charge in [0.1, 0.15) is 5.82 Å². The van der Waals surface area contributed by atoms with Gasteiger partial charge in [-0.2, -0.15) is 13.2 Å². The largest absolute Gasteiger partial charge is 0.416 e. The number of benzene rings is 6. The number of hydrogen-bond acceptors (Lipinski definition) is 8. The number of nitrogens with zero attached hydrogens (tertiary/aromatic N) is 1. The molecule has 0 saturated heterocycles. The average Bonchev–Trinajstić information content (AvgIpc) is 4.31. The van der Waals surface area contributed by atoms with Crippen LogP contribution in [0.4, 0.5) is 24.5 Å². The summed E-state index contributed by atoms with van der Waals surface area (Å²) in [5.74, 6) is 1.58. The van der Waals surface area contributed by atoms with Gasteiger partial charge in [0.2, 0.25) is 0 Å². The number of para-hydroxylation sites is 2. The van der Waals surface area contributed by atoms with E-state index in [1.165, 1.54) is 67.0 Å². The van der Waals surface area contributed by atoms with Crippen molar-refractivity contribution in [1.29, 1.82) is 0 Å². The van der Waals surface area contributed by atoms with Crippen LogP contribution in [-0.4, -0.2) is 22.4 Å². The van der Waals surface area contributed by atoms with Gasteiger partial charge in [-0.3, -0.25) is 9.52 Å². The van der Waals surface area contributed by atoms with Crippen molar-refractivity contribution in [3.63, 3.8) is 0 Å². The monoisotopic (exact) mass is 1070 g/mol. The fourth-order valence-electron chi connectivity index (χ4n) is 10.2. The predicted molar refractivity (Wildman–Crippen MR) is 314 cm³/mol. The van der Waals surface area contributed by atoms with Crippen LogP contribution in [0, 0.1) is 5.92 Å². The number of fused-ring (bicyclic) bond motifs is 3. The quantitative estimate of drug-likeness (QED) is 0.0371. The normalized spacial score (nSPS) is 14.9. The highest BCUT2D eigenvalue weighted by Gasteiger charge is 2.37. The summed E-state index contributed by atoms with van der Waals surface area (Å²) in [4.78, 5) is 21.2. The number of amides is 1. The number of H-pyrrole nitrogens is 1. The molecule has 8 N–H and O–H groups in total. The minimum atomic E-state index is -4.43. The minimum absolute atomic E-state index is 0.185. The van der Waals surface area contributed by atoms with E-state index in [1.54, 1.807) is 52.8 Å². The van der Waals surface area contributed by atoms with E-state index in [0.717, 1.165) is 68.3 Å². The van der Waals surface area contributed by atoms with E-state index in [9.17, 15) is 18.0 Å². The molecule has 0 radical (unpaired) electrons. The molecule has 6 aromatic carbocycles. The number of imidazole rings is 1. The Hall–Kier alpha value is -7.16. The number of anilines is 2. The zero-order valence-electron chi connectivity index (χ0n) is 42.2. The predicted octanol–water partition coefficient (Wildman–Crippen LogP) is 17.0. The van der Waals surface area contributed by atoms with Gasteiger partial charge in [-0.25, -0.2) is 4.98 Å². The zero-order chi connectivity index (χ0) is 53.0. The van der Waals surface area contributed by atoms with Crippen molar-refractivity contribution in [2.75, 3.05) is 18.0 Å². The van der Waals surface area contributed by atoms with Crippen molar-refractivity contribution in [3.05, 3.63) is 224 Å². The lowest BCUT2D eigenvalue weighted by molar-refractivity contribution is -0.137. The van der Waals surface area contributed by atoms with Crippen LogP contribution in [0.2, 0.25) is 0 Å². The molecule has 3 unspecified atom stereocenters. The van der Waals surface area contributed by atoms with Crippen LogP contribution in [0.15, 0.2) is 179 Å². The number of hydrogen-bond donors (Lipinski definition) is 5. The van der Waals surface area contributed by atoms with E-state index >= 15 is 0 Å². The topological polar surface area (TPSA) is 136 Å². The second-order valence-corrected chi connectivity index (χ2v) is 22.0. The molecule has 3 atom stereocenters. The first-order valence-corrected chi connectivity index (χ1v) is 28.3. The number of allylic oxidation sites excluding steroid dienone is 2. The second-order valence-electron chi connectivity index (χ2n) is 19.0. The molecule has 0 saturated carbocycles. The maximum absolute atomic E-state index is 13.9. The Morgan fingerprint density at radius 3 is 2.08 bits per heavy atom. The summed E-state index contributed by atoms with van der Waals surface area (Å²) in [6.45, 7) is 3.11. The summed E-state index contributed by atoms with van der Waals surface area (Å²) in [6, 6.07) is 51.6. The highest BCUT2D eigenvalue weighted by Crippen LogP contribution is 2.51. The Balaban J connectivity index is 0.000000148. The number of aromatic nitrogens is 2. The summed E-state index contributed by atoms with van der Waals surface area (Å²) >= 11 is 4.74. The molecule has 11 rings (SSSR count). The molecule has 0 spiro atoms. The van der Waals surface area contributed by atoms with Crippen LogP contribution in [0.3, 0.4) is 0 Å². The Morgan fingerprint density at radius 2 is 1.38 bits per heavy atom. The number of alkyl halides is 3. The molecule has 3 heterocycles. The van der Waals surface area contributed by atoms with E-state index < -0.39 is 11.7 Å². The van der Waals surface area contributed by atoms with Gasteiger partial charge >= 0.3 is 6.18 Å². The lowest BCUT2D eigenvalue weighted by Gasteiger charge is -2.27. The van der Waals surface area contributed by atoms with Gasteiger partial charge in [0, 0.05) is 27.8 Å². The highest BCUT2D eigenvalue weighted by molar-refractivity contribution is 7.99. The summed E-state index contributed by atoms with van der Waals surface area (Å²) in [5, 5.41) is 4.16. The standard InChI is InChI=1S/C29H19F3N2.C23H31NS.C11H11N3OS2/c30-29(31,32)24-10-4-3-9-22(24)23-17-20-7-1-2-8-21(20)27(23)18-13-15-19(16-14-18)28-33-25-11-5-6-12-26(25)34-28;1-2-3-4-10-18(11-7-8-15-24)23-20-13-6-5-12-19(20)17-21(23)22-14-9-16-25-22;12-8-4-3-7(6-9(8)13)11(15)14-17-10-2-1-5-16-10/h1-17,27H,(H,33,34);5-6,9,12-14,16-18,23H,2-4,7-8,10-11,15,24H2,1H3;1-6H,12-13H2,(H,14,15). The number of thiophene rings is 2. The molecule has 0 bridgehead atoms. The second kappa shape index (κ2) is 25.1. The number of nitrogen functional groups attached to an aromatic ring is 2. The van der Waals surface area contributed by atoms with E-state index in [-0.39, 0.29) is 17.4 Å². The van der Waals surface area contributed by atoms with Crippen LogP contribution in [0.1, 0.15) is 118 Å². The molecule has 0 fully saturated rings. The molecule has 2 aliphatic rings. The third-order valence-corrected chi connectivity index (χ3v) is 16.7. The number of nitrogens with two attached hydrogens (primary N) is 3. The SMILES string of the molecule is CCCCCC(CCCCN)C1C(c2cccs2)=Cc2ccccc21.FC(F)(F)c1ccccc1C1=Cc2ccccc2C1c1ccc(-c2nc3ccccc3[nH]2)cc1.Nc1ccc(C(=O)NSc2cccs2)cc1N. The number of nitrogens with one attached hydrogen (secondary N) is 2. The fourth-order valence-corrected chi connectivity index (χ4v) is 12.4. The highest BCUT2D eigenvalue weighted by atomic mass is 32.2. The number of unbranched alkanes of at least 4 members (excludes halogenated alkanes) is 3. The first-order valence-electron chi connectivity index (χ1n) is 25.7. The Morgan fingerprint density at radius 1 is 0.711 bits per heavy atom. The smallest absolute Gasteiger partial charge is 0.397 e. The third kappa shape index (κ3) is 12.7. The molecule has 76 heavy (non-hydrogen) atoms. The minimum Gasteiger partial charge on any atom is -0.397 e. The molecule has 0 aliphatic heterocycles. The Labute approximate surface area is 455 Å². The molecule has 388 valence electrons.